The van der Waals surface area contributed by atoms with Gasteiger partial charge in [0.15, 0.2) is 0 Å². The lowest BCUT2D eigenvalue weighted by molar-refractivity contribution is 1.47. The summed E-state index contributed by atoms with van der Waals surface area (Å²) in [6.07, 6.45) is 2.40. The molecule has 0 aromatic heterocycles. The van der Waals surface area contributed by atoms with Crippen molar-refractivity contribution in [1.29, 1.82) is 0 Å². The zero-order valence-corrected chi connectivity index (χ0v) is 3.57. The normalized spacial score (nSPS) is 5.33. The molecule has 6 heavy (non-hydrogen) atoms. The average Bonchev–Trinajstić information content (AvgIpc) is 1.61. The Morgan fingerprint density at radius 2 is 2.50 bits per heavy atom. The van der Waals surface area contributed by atoms with Crippen LogP contribution < -0.4 is 5.73 Å². The van der Waals surface area contributed by atoms with Gasteiger partial charge in [-0.05, 0) is 0 Å². The molecular weight excluding hydrogens is 74.1 g/mol. The molecule has 0 bridgehead atoms. The Morgan fingerprint density at radius 1 is 1.83 bits per heavy atom. The lowest BCUT2D eigenvalue weighted by atomic mass is 10.4. The molecule has 0 aromatic carbocycles. The van der Waals surface area contributed by atoms with Crippen LogP contribution in [0.1, 0.15) is 6.42 Å². The van der Waals surface area contributed by atoms with Crippen molar-refractivity contribution < 1.29 is 0 Å². The summed E-state index contributed by atoms with van der Waals surface area (Å²) in [7, 11) is 0. The number of nitrogens with two attached hydrogens (primary N) is 1. The summed E-state index contributed by atoms with van der Waals surface area (Å²) in [6.45, 7) is 3.44. The van der Waals surface area contributed by atoms with Crippen molar-refractivity contribution in [2.75, 3.05) is 0 Å². The van der Waals surface area contributed by atoms with Crippen LogP contribution in [0, 0.1) is 12.0 Å². The Morgan fingerprint density at radius 3 is 2.67 bits per heavy atom. The van der Waals surface area contributed by atoms with Crippen LogP contribution in [0.4, 0.5) is 0 Å². The molecule has 0 fully saturated rings. The number of hydrogen-bond donors (Lipinski definition) is 1. The highest BCUT2D eigenvalue weighted by molar-refractivity contribution is 4.98. The summed E-state index contributed by atoms with van der Waals surface area (Å²) in [6, 6.07) is 2.25. The number of hydrogen-bond acceptors (Lipinski definition) is 1. The van der Waals surface area contributed by atoms with Crippen LogP contribution in [0.5, 0.6) is 0 Å². The Bertz CT molecular complexity index is 83.8. The molecule has 0 aliphatic heterocycles. The van der Waals surface area contributed by atoms with E-state index in [-0.39, 0.29) is 0 Å². The van der Waals surface area contributed by atoms with Crippen molar-refractivity contribution in [3.8, 4) is 12.0 Å². The molecular formula is C5H7N. The minimum atomic E-state index is 0.691. The summed E-state index contributed by atoms with van der Waals surface area (Å²) in [5, 5.41) is 0. The maximum absolute atomic E-state index is 4.81. The van der Waals surface area contributed by atoms with E-state index in [4.69, 9.17) is 5.73 Å². The van der Waals surface area contributed by atoms with Gasteiger partial charge in [-0.2, -0.15) is 0 Å². The van der Waals surface area contributed by atoms with Crippen molar-refractivity contribution >= 4 is 0 Å². The van der Waals surface area contributed by atoms with Crippen LogP contribution in [-0.4, -0.2) is 0 Å². The van der Waals surface area contributed by atoms with Crippen LogP contribution in [0.15, 0.2) is 12.7 Å². The maximum Gasteiger partial charge on any atom is 0.0285 e. The Kier molecular flexibility index (Phi) is 3.48. The summed E-state index contributed by atoms with van der Waals surface area (Å²) < 4.78 is 0. The third-order valence-electron chi connectivity index (χ3n) is 0.348. The fourth-order valence-electron chi connectivity index (χ4n) is 0.131. The van der Waals surface area contributed by atoms with Gasteiger partial charge in [-0.1, -0.05) is 12.0 Å². The van der Waals surface area contributed by atoms with Crippen molar-refractivity contribution in [3.63, 3.8) is 0 Å². The molecule has 0 atom stereocenters. The summed E-state index contributed by atoms with van der Waals surface area (Å²) >= 11 is 0. The van der Waals surface area contributed by atoms with Gasteiger partial charge in [0.1, 0.15) is 0 Å². The Hall–Kier alpha value is -0.900. The van der Waals surface area contributed by atoms with Crippen LogP contribution in [-0.2, 0) is 0 Å². The second-order valence-electron chi connectivity index (χ2n) is 0.814. The van der Waals surface area contributed by atoms with Gasteiger partial charge in [0.25, 0.3) is 0 Å². The van der Waals surface area contributed by atoms with Crippen LogP contribution >= 0.6 is 0 Å². The molecule has 0 aromatic rings. The van der Waals surface area contributed by atoms with Crippen molar-refractivity contribution in [2.24, 2.45) is 5.73 Å². The van der Waals surface area contributed by atoms with Crippen molar-refractivity contribution in [2.45, 2.75) is 6.42 Å². The highest BCUT2D eigenvalue weighted by Gasteiger charge is 1.55. The molecule has 32 valence electrons. The predicted molar refractivity (Wildman–Crippen MR) is 26.8 cm³/mol. The molecule has 0 heterocycles. The van der Waals surface area contributed by atoms with Gasteiger partial charge in [-0.25, -0.2) is 0 Å². The van der Waals surface area contributed by atoms with Gasteiger partial charge in [-0.3, -0.25) is 0 Å². The highest BCUT2D eigenvalue weighted by atomic mass is 14.4. The second kappa shape index (κ2) is 4.10. The highest BCUT2D eigenvalue weighted by Crippen LogP contribution is 1.68. The number of allylic oxidation sites excluding steroid dienone is 1. The van der Waals surface area contributed by atoms with Crippen LogP contribution in [0.2, 0.25) is 0 Å². The van der Waals surface area contributed by atoms with Crippen molar-refractivity contribution in [1.82, 2.24) is 0 Å². The summed E-state index contributed by atoms with van der Waals surface area (Å²) in [5.41, 5.74) is 4.81. The average molecular weight is 81.1 g/mol. The monoisotopic (exact) mass is 81.1 g/mol. The second-order valence-corrected chi connectivity index (χ2v) is 0.814. The van der Waals surface area contributed by atoms with Crippen LogP contribution in [0.25, 0.3) is 0 Å². The van der Waals surface area contributed by atoms with E-state index in [1.165, 1.54) is 0 Å². The molecule has 0 spiro atoms. The van der Waals surface area contributed by atoms with E-state index >= 15 is 0 Å². The molecule has 0 radical (unpaired) electrons. The third kappa shape index (κ3) is 3.10. The predicted octanol–water partition coefficient (Wildman–Crippen LogP) is 0.482. The Labute approximate surface area is 37.8 Å². The lowest BCUT2D eigenvalue weighted by Gasteiger charge is -1.64. The lowest BCUT2D eigenvalue weighted by Crippen LogP contribution is -1.74. The topological polar surface area (TPSA) is 26.0 Å². The SMILES string of the molecule is C=CCC#CN. The first-order valence-corrected chi connectivity index (χ1v) is 1.71. The zero-order valence-electron chi connectivity index (χ0n) is 3.57. The standard InChI is InChI=1S/C5H7N/c1-2-3-4-5-6/h2H,1,3,6H2. The minimum absolute atomic E-state index is 0.691. The Balaban J connectivity index is 3.00. The quantitative estimate of drug-likeness (QED) is 0.277. The largest absolute Gasteiger partial charge is 0.359 e. The summed E-state index contributed by atoms with van der Waals surface area (Å²) in [4.78, 5) is 0. The first-order chi connectivity index (χ1) is 2.91. The molecule has 1 nitrogen and oxygen atoms in total. The van der Waals surface area contributed by atoms with Gasteiger partial charge in [-0.15, -0.1) is 6.58 Å². The van der Waals surface area contributed by atoms with Gasteiger partial charge >= 0.3 is 0 Å². The molecule has 1 heteroatoms. The number of rotatable bonds is 1. The van der Waals surface area contributed by atoms with E-state index in [0.29, 0.717) is 6.42 Å². The van der Waals surface area contributed by atoms with Crippen molar-refractivity contribution in [3.05, 3.63) is 12.7 Å². The van der Waals surface area contributed by atoms with E-state index in [9.17, 15) is 0 Å². The van der Waals surface area contributed by atoms with Gasteiger partial charge in [0, 0.05) is 12.5 Å². The minimum Gasteiger partial charge on any atom is -0.359 e. The molecule has 0 rings (SSSR count). The molecule has 0 aliphatic carbocycles. The maximum atomic E-state index is 4.81. The third-order valence-corrected chi connectivity index (χ3v) is 0.348. The van der Waals surface area contributed by atoms with E-state index in [1.54, 1.807) is 6.08 Å². The van der Waals surface area contributed by atoms with E-state index < -0.39 is 0 Å². The van der Waals surface area contributed by atoms with Gasteiger partial charge in [0.05, 0.1) is 0 Å². The molecule has 0 saturated heterocycles. The van der Waals surface area contributed by atoms with E-state index in [0.717, 1.165) is 0 Å². The molecule has 0 saturated carbocycles. The van der Waals surface area contributed by atoms with E-state index in [2.05, 4.69) is 18.5 Å². The van der Waals surface area contributed by atoms with Gasteiger partial charge < -0.3 is 5.73 Å². The van der Waals surface area contributed by atoms with Crippen LogP contribution in [0.3, 0.4) is 0 Å². The molecule has 0 amide bonds. The zero-order chi connectivity index (χ0) is 4.83. The fraction of sp³-hybridized carbons (Fsp3) is 0.200. The molecule has 0 aliphatic rings. The molecule has 2 N–H and O–H groups in total. The molecule has 0 unspecified atom stereocenters. The van der Waals surface area contributed by atoms with Gasteiger partial charge in [0.2, 0.25) is 0 Å². The summed E-state index contributed by atoms with van der Waals surface area (Å²) in [5.74, 6) is 2.61. The first-order valence-electron chi connectivity index (χ1n) is 1.71. The van der Waals surface area contributed by atoms with E-state index in [1.807, 2.05) is 0 Å². The first kappa shape index (κ1) is 5.10. The fourth-order valence-corrected chi connectivity index (χ4v) is 0.131. The smallest absolute Gasteiger partial charge is 0.0285 e.